The molecule has 3 N–H and O–H groups in total. The average molecular weight is 367 g/mol. The summed E-state index contributed by atoms with van der Waals surface area (Å²) in [5, 5.41) is 21.4. The highest BCUT2D eigenvalue weighted by Crippen LogP contribution is 2.23. The maximum absolute atomic E-state index is 10.6. The van der Waals surface area contributed by atoms with Gasteiger partial charge in [0.25, 0.3) is 0 Å². The summed E-state index contributed by atoms with van der Waals surface area (Å²) >= 11 is 1.60. The SMILES string of the molecule is CCNC(=NCC(C)(O)c1ccsc1)NCC1CCCN(C(C)C)C1. The lowest BCUT2D eigenvalue weighted by atomic mass is 9.97. The molecular weight excluding hydrogens is 332 g/mol. The van der Waals surface area contributed by atoms with Crippen LogP contribution in [-0.4, -0.2) is 54.7 Å². The Morgan fingerprint density at radius 1 is 1.48 bits per heavy atom. The first-order chi connectivity index (χ1) is 11.9. The van der Waals surface area contributed by atoms with Crippen molar-refractivity contribution in [3.8, 4) is 0 Å². The van der Waals surface area contributed by atoms with Crippen molar-refractivity contribution in [1.82, 2.24) is 15.5 Å². The van der Waals surface area contributed by atoms with Gasteiger partial charge in [-0.15, -0.1) is 0 Å². The quantitative estimate of drug-likeness (QED) is 0.513. The van der Waals surface area contributed by atoms with Crippen molar-refractivity contribution in [1.29, 1.82) is 0 Å². The third kappa shape index (κ3) is 6.28. The van der Waals surface area contributed by atoms with E-state index in [4.69, 9.17) is 0 Å². The van der Waals surface area contributed by atoms with Gasteiger partial charge in [0.05, 0.1) is 6.54 Å². The van der Waals surface area contributed by atoms with Crippen molar-refractivity contribution in [2.24, 2.45) is 10.9 Å². The molecule has 2 rings (SSSR count). The van der Waals surface area contributed by atoms with E-state index >= 15 is 0 Å². The smallest absolute Gasteiger partial charge is 0.191 e. The van der Waals surface area contributed by atoms with Gasteiger partial charge in [-0.05, 0) is 75.4 Å². The summed E-state index contributed by atoms with van der Waals surface area (Å²) in [6, 6.07) is 2.58. The van der Waals surface area contributed by atoms with Gasteiger partial charge in [0, 0.05) is 25.7 Å². The molecule has 1 fully saturated rings. The van der Waals surface area contributed by atoms with E-state index in [0.717, 1.165) is 31.2 Å². The summed E-state index contributed by atoms with van der Waals surface area (Å²) in [4.78, 5) is 7.17. The van der Waals surface area contributed by atoms with Crippen LogP contribution in [-0.2, 0) is 5.60 Å². The van der Waals surface area contributed by atoms with Crippen LogP contribution in [0.15, 0.2) is 21.8 Å². The topological polar surface area (TPSA) is 59.9 Å². The molecule has 2 unspecified atom stereocenters. The molecule has 2 atom stereocenters. The van der Waals surface area contributed by atoms with E-state index in [1.165, 1.54) is 19.4 Å². The standard InChI is InChI=1S/C19H34N4OS/c1-5-20-18(22-14-19(4,24)17-8-10-25-13-17)21-11-16-7-6-9-23(12-16)15(2)3/h8,10,13,15-16,24H,5-7,9,11-12,14H2,1-4H3,(H2,20,21,22). The van der Waals surface area contributed by atoms with Crippen LogP contribution in [0.3, 0.4) is 0 Å². The Balaban J connectivity index is 1.89. The molecule has 1 aliphatic rings. The number of guanidine groups is 1. The Morgan fingerprint density at radius 2 is 2.28 bits per heavy atom. The number of nitrogens with one attached hydrogen (secondary N) is 2. The van der Waals surface area contributed by atoms with Gasteiger partial charge < -0.3 is 20.6 Å². The first-order valence-corrected chi connectivity index (χ1v) is 10.4. The van der Waals surface area contributed by atoms with Crippen LogP contribution in [0, 0.1) is 5.92 Å². The fraction of sp³-hybridized carbons (Fsp3) is 0.737. The van der Waals surface area contributed by atoms with Crippen LogP contribution in [0.2, 0.25) is 0 Å². The van der Waals surface area contributed by atoms with Gasteiger partial charge in [-0.3, -0.25) is 0 Å². The van der Waals surface area contributed by atoms with Crippen LogP contribution in [0.4, 0.5) is 0 Å². The zero-order valence-corrected chi connectivity index (χ0v) is 16.9. The largest absolute Gasteiger partial charge is 0.383 e. The number of thiophene rings is 1. The minimum atomic E-state index is -0.929. The fourth-order valence-corrected chi connectivity index (χ4v) is 3.99. The highest BCUT2D eigenvalue weighted by atomic mass is 32.1. The van der Waals surface area contributed by atoms with Crippen LogP contribution in [0.5, 0.6) is 0 Å². The number of aliphatic hydroxyl groups is 1. The maximum atomic E-state index is 10.6. The van der Waals surface area contributed by atoms with Crippen molar-refractivity contribution in [3.63, 3.8) is 0 Å². The van der Waals surface area contributed by atoms with Crippen molar-refractivity contribution < 1.29 is 5.11 Å². The Hall–Kier alpha value is -1.11. The molecule has 6 heteroatoms. The number of hydrogen-bond acceptors (Lipinski definition) is 4. The number of hydrogen-bond donors (Lipinski definition) is 3. The number of nitrogens with zero attached hydrogens (tertiary/aromatic N) is 2. The molecular formula is C19H34N4OS. The van der Waals surface area contributed by atoms with Gasteiger partial charge in [-0.1, -0.05) is 0 Å². The molecule has 0 radical (unpaired) electrons. The van der Waals surface area contributed by atoms with E-state index in [2.05, 4.69) is 41.3 Å². The number of aliphatic imine (C=N–C) groups is 1. The number of rotatable bonds is 7. The molecule has 0 amide bonds. The minimum absolute atomic E-state index is 0.349. The van der Waals surface area contributed by atoms with E-state index in [0.29, 0.717) is 18.5 Å². The maximum Gasteiger partial charge on any atom is 0.191 e. The van der Waals surface area contributed by atoms with Gasteiger partial charge in [-0.25, -0.2) is 4.99 Å². The molecule has 142 valence electrons. The van der Waals surface area contributed by atoms with Crippen molar-refractivity contribution in [3.05, 3.63) is 22.4 Å². The second-order valence-electron chi connectivity index (χ2n) is 7.46. The summed E-state index contributed by atoms with van der Waals surface area (Å²) in [5.74, 6) is 1.44. The van der Waals surface area contributed by atoms with Gasteiger partial charge in [-0.2, -0.15) is 11.3 Å². The summed E-state index contributed by atoms with van der Waals surface area (Å²) < 4.78 is 0. The lowest BCUT2D eigenvalue weighted by molar-refractivity contribution is 0.0677. The zero-order valence-electron chi connectivity index (χ0n) is 16.1. The Bertz CT molecular complexity index is 528. The highest BCUT2D eigenvalue weighted by Gasteiger charge is 2.24. The predicted molar refractivity (Wildman–Crippen MR) is 107 cm³/mol. The summed E-state index contributed by atoms with van der Waals surface area (Å²) in [6.45, 7) is 12.9. The minimum Gasteiger partial charge on any atom is -0.383 e. The first kappa shape index (κ1) is 20.2. The van der Waals surface area contributed by atoms with Gasteiger partial charge in [0.2, 0.25) is 0 Å². The molecule has 2 heterocycles. The van der Waals surface area contributed by atoms with E-state index in [1.807, 2.05) is 23.8 Å². The molecule has 1 aromatic heterocycles. The zero-order chi connectivity index (χ0) is 18.3. The molecule has 1 aromatic rings. The second kappa shape index (κ2) is 9.55. The van der Waals surface area contributed by atoms with E-state index in [9.17, 15) is 5.11 Å². The van der Waals surface area contributed by atoms with Crippen molar-refractivity contribution >= 4 is 17.3 Å². The molecule has 0 aliphatic carbocycles. The molecule has 1 saturated heterocycles. The monoisotopic (exact) mass is 366 g/mol. The third-order valence-electron chi connectivity index (χ3n) is 4.87. The van der Waals surface area contributed by atoms with Gasteiger partial charge in [0.1, 0.15) is 5.60 Å². The summed E-state index contributed by atoms with van der Waals surface area (Å²) in [6.07, 6.45) is 2.54. The number of piperidine rings is 1. The van der Waals surface area contributed by atoms with E-state index in [-0.39, 0.29) is 0 Å². The molecule has 25 heavy (non-hydrogen) atoms. The second-order valence-corrected chi connectivity index (χ2v) is 8.24. The Labute approximate surface area is 156 Å². The molecule has 1 aliphatic heterocycles. The summed E-state index contributed by atoms with van der Waals surface area (Å²) in [5.41, 5.74) is -0.00120. The molecule has 0 aromatic carbocycles. The predicted octanol–water partition coefficient (Wildman–Crippen LogP) is 2.63. The Morgan fingerprint density at radius 3 is 2.92 bits per heavy atom. The van der Waals surface area contributed by atoms with Crippen LogP contribution in [0.25, 0.3) is 0 Å². The molecule has 5 nitrogen and oxygen atoms in total. The van der Waals surface area contributed by atoms with Crippen LogP contribution < -0.4 is 10.6 Å². The highest BCUT2D eigenvalue weighted by molar-refractivity contribution is 7.08. The van der Waals surface area contributed by atoms with Crippen molar-refractivity contribution in [2.45, 2.75) is 52.2 Å². The van der Waals surface area contributed by atoms with Gasteiger partial charge in [0.15, 0.2) is 5.96 Å². The molecule has 0 bridgehead atoms. The normalized spacial score (nSPS) is 22.0. The first-order valence-electron chi connectivity index (χ1n) is 9.43. The fourth-order valence-electron chi connectivity index (χ4n) is 3.21. The third-order valence-corrected chi connectivity index (χ3v) is 5.55. The lowest BCUT2D eigenvalue weighted by Crippen LogP contribution is -2.46. The van der Waals surface area contributed by atoms with E-state index in [1.54, 1.807) is 11.3 Å². The average Bonchev–Trinajstić information content (AvgIpc) is 3.13. The van der Waals surface area contributed by atoms with Gasteiger partial charge >= 0.3 is 0 Å². The lowest BCUT2D eigenvalue weighted by Gasteiger charge is -2.35. The van der Waals surface area contributed by atoms with Crippen molar-refractivity contribution in [2.75, 3.05) is 32.7 Å². The van der Waals surface area contributed by atoms with Crippen LogP contribution >= 0.6 is 11.3 Å². The van der Waals surface area contributed by atoms with Crippen LogP contribution in [0.1, 0.15) is 46.1 Å². The summed E-state index contributed by atoms with van der Waals surface area (Å²) in [7, 11) is 0. The van der Waals surface area contributed by atoms with E-state index < -0.39 is 5.60 Å². The number of likely N-dealkylation sites (tertiary alicyclic amines) is 1. The Kier molecular flexibility index (Phi) is 7.72. The molecule has 0 saturated carbocycles. The molecule has 0 spiro atoms.